The predicted octanol–water partition coefficient (Wildman–Crippen LogP) is 1.83. The lowest BCUT2D eigenvalue weighted by Gasteiger charge is -2.39. The molecule has 0 saturated carbocycles. The van der Waals surface area contributed by atoms with Crippen LogP contribution in [0, 0.1) is 0 Å². The largest absolute Gasteiger partial charge is 0.377 e. The molecule has 2 rings (SSSR count). The van der Waals surface area contributed by atoms with Gasteiger partial charge in [-0.05, 0) is 32.6 Å². The molecule has 20 heavy (non-hydrogen) atoms. The molecule has 0 spiro atoms. The van der Waals surface area contributed by atoms with Gasteiger partial charge in [0.2, 0.25) is 0 Å². The third-order valence-electron chi connectivity index (χ3n) is 4.12. The van der Waals surface area contributed by atoms with Crippen molar-refractivity contribution >= 4 is 21.8 Å². The summed E-state index contributed by atoms with van der Waals surface area (Å²) in [5.74, 6) is 0.377. The van der Waals surface area contributed by atoms with Crippen molar-refractivity contribution in [3.63, 3.8) is 0 Å². The Balaban J connectivity index is 2.08. The first-order valence-electron chi connectivity index (χ1n) is 7.54. The minimum absolute atomic E-state index is 0.0303. The summed E-state index contributed by atoms with van der Waals surface area (Å²) in [7, 11) is -3.40. The third-order valence-corrected chi connectivity index (χ3v) is 6.53. The molecule has 2 aliphatic heterocycles. The second-order valence-corrected chi connectivity index (χ2v) is 7.69. The summed E-state index contributed by atoms with van der Waals surface area (Å²) in [4.78, 5) is 0. The maximum atomic E-state index is 12.8. The van der Waals surface area contributed by atoms with E-state index < -0.39 is 10.2 Å². The molecular formula is C13H25ClN2O3S. The average Bonchev–Trinajstić information content (AvgIpc) is 2.48. The Kier molecular flexibility index (Phi) is 6.10. The van der Waals surface area contributed by atoms with Gasteiger partial charge in [-0.25, -0.2) is 0 Å². The van der Waals surface area contributed by atoms with Crippen LogP contribution in [0.5, 0.6) is 0 Å². The van der Waals surface area contributed by atoms with Gasteiger partial charge in [0.15, 0.2) is 0 Å². The van der Waals surface area contributed by atoms with Crippen LogP contribution in [-0.4, -0.2) is 61.3 Å². The minimum atomic E-state index is -3.40. The molecule has 0 radical (unpaired) electrons. The number of hydrogen-bond acceptors (Lipinski definition) is 3. The summed E-state index contributed by atoms with van der Waals surface area (Å²) in [6.07, 6.45) is 4.69. The topological polar surface area (TPSA) is 49.9 Å². The van der Waals surface area contributed by atoms with Crippen LogP contribution in [-0.2, 0) is 14.9 Å². The quantitative estimate of drug-likeness (QED) is 0.725. The van der Waals surface area contributed by atoms with E-state index in [1.54, 1.807) is 8.61 Å². The maximum Gasteiger partial charge on any atom is 0.282 e. The lowest BCUT2D eigenvalue weighted by Crippen LogP contribution is -2.54. The highest BCUT2D eigenvalue weighted by molar-refractivity contribution is 7.86. The monoisotopic (exact) mass is 324 g/mol. The van der Waals surface area contributed by atoms with Crippen molar-refractivity contribution in [1.29, 1.82) is 0 Å². The van der Waals surface area contributed by atoms with Gasteiger partial charge >= 0.3 is 0 Å². The Bertz CT molecular complexity index is 402. The zero-order valence-corrected chi connectivity index (χ0v) is 13.7. The van der Waals surface area contributed by atoms with E-state index >= 15 is 0 Å². The maximum absolute atomic E-state index is 12.8. The molecule has 118 valence electrons. The first kappa shape index (κ1) is 16.5. The molecular weight excluding hydrogens is 300 g/mol. The van der Waals surface area contributed by atoms with Crippen molar-refractivity contribution in [2.24, 2.45) is 0 Å². The van der Waals surface area contributed by atoms with E-state index in [9.17, 15) is 8.42 Å². The Morgan fingerprint density at radius 1 is 1.20 bits per heavy atom. The average molecular weight is 325 g/mol. The standard InChI is InChI=1S/C13H25ClN2O3S/c1-2-19-13-7-5-8-15(11-13)20(17,18)16-9-4-3-6-12(16)10-14/h12-13H,2-11H2,1H3. The second kappa shape index (κ2) is 7.40. The molecule has 0 aromatic rings. The summed E-state index contributed by atoms with van der Waals surface area (Å²) in [6, 6.07) is -0.0529. The Hall–Kier alpha value is 0.120. The fourth-order valence-electron chi connectivity index (χ4n) is 3.07. The fraction of sp³-hybridized carbons (Fsp3) is 1.00. The number of ether oxygens (including phenoxy) is 1. The summed E-state index contributed by atoms with van der Waals surface area (Å²) < 4.78 is 34.4. The lowest BCUT2D eigenvalue weighted by atomic mass is 10.1. The van der Waals surface area contributed by atoms with Crippen LogP contribution in [0.3, 0.4) is 0 Å². The van der Waals surface area contributed by atoms with E-state index in [0.717, 1.165) is 32.1 Å². The molecule has 0 amide bonds. The molecule has 7 heteroatoms. The van der Waals surface area contributed by atoms with E-state index in [4.69, 9.17) is 16.3 Å². The number of piperidine rings is 2. The van der Waals surface area contributed by atoms with Crippen LogP contribution < -0.4 is 0 Å². The SMILES string of the molecule is CCOC1CCCN(S(=O)(=O)N2CCCCC2CCl)C1. The van der Waals surface area contributed by atoms with Crippen molar-refractivity contribution in [3.8, 4) is 0 Å². The van der Waals surface area contributed by atoms with E-state index in [1.807, 2.05) is 6.92 Å². The zero-order valence-electron chi connectivity index (χ0n) is 12.1. The van der Waals surface area contributed by atoms with Crippen LogP contribution in [0.15, 0.2) is 0 Å². The van der Waals surface area contributed by atoms with Crippen LogP contribution in [0.1, 0.15) is 39.0 Å². The van der Waals surface area contributed by atoms with Crippen molar-refractivity contribution in [3.05, 3.63) is 0 Å². The summed E-state index contributed by atoms with van der Waals surface area (Å²) >= 11 is 5.95. The lowest BCUT2D eigenvalue weighted by molar-refractivity contribution is 0.0245. The van der Waals surface area contributed by atoms with Gasteiger partial charge in [-0.15, -0.1) is 11.6 Å². The normalized spacial score (nSPS) is 30.5. The van der Waals surface area contributed by atoms with Crippen LogP contribution >= 0.6 is 11.6 Å². The van der Waals surface area contributed by atoms with Crippen molar-refractivity contribution < 1.29 is 13.2 Å². The summed E-state index contributed by atoms with van der Waals surface area (Å²) in [5.41, 5.74) is 0. The van der Waals surface area contributed by atoms with Crippen molar-refractivity contribution in [2.75, 3.05) is 32.1 Å². The predicted molar refractivity (Wildman–Crippen MR) is 80.2 cm³/mol. The highest BCUT2D eigenvalue weighted by atomic mass is 35.5. The number of nitrogens with zero attached hydrogens (tertiary/aromatic N) is 2. The fourth-order valence-corrected chi connectivity index (χ4v) is 5.40. The highest BCUT2D eigenvalue weighted by Crippen LogP contribution is 2.26. The van der Waals surface area contributed by atoms with E-state index in [0.29, 0.717) is 32.1 Å². The van der Waals surface area contributed by atoms with E-state index in [1.165, 1.54) is 0 Å². The van der Waals surface area contributed by atoms with Gasteiger partial charge in [0.25, 0.3) is 10.2 Å². The molecule has 0 bridgehead atoms. The summed E-state index contributed by atoms with van der Waals surface area (Å²) in [5, 5.41) is 0. The van der Waals surface area contributed by atoms with Gasteiger partial charge < -0.3 is 4.74 Å². The molecule has 2 fully saturated rings. The minimum Gasteiger partial charge on any atom is -0.377 e. The molecule has 0 aromatic heterocycles. The summed E-state index contributed by atoms with van der Waals surface area (Å²) in [6.45, 7) is 4.24. The zero-order chi connectivity index (χ0) is 14.6. The molecule has 0 aliphatic carbocycles. The van der Waals surface area contributed by atoms with Gasteiger partial charge in [0.1, 0.15) is 0 Å². The van der Waals surface area contributed by atoms with Crippen molar-refractivity contribution in [2.45, 2.75) is 51.2 Å². The van der Waals surface area contributed by atoms with E-state index in [2.05, 4.69) is 0 Å². The second-order valence-electron chi connectivity index (χ2n) is 5.50. The Morgan fingerprint density at radius 3 is 2.70 bits per heavy atom. The molecule has 2 atom stereocenters. The Morgan fingerprint density at radius 2 is 2.00 bits per heavy atom. The van der Waals surface area contributed by atoms with Crippen LogP contribution in [0.4, 0.5) is 0 Å². The number of hydrogen-bond donors (Lipinski definition) is 0. The molecule has 0 N–H and O–H groups in total. The third kappa shape index (κ3) is 3.65. The number of rotatable bonds is 5. The molecule has 0 aromatic carbocycles. The number of halogens is 1. The molecule has 2 unspecified atom stereocenters. The van der Waals surface area contributed by atoms with Gasteiger partial charge in [-0.2, -0.15) is 17.0 Å². The Labute approximate surface area is 127 Å². The smallest absolute Gasteiger partial charge is 0.282 e. The van der Waals surface area contributed by atoms with Crippen LogP contribution in [0.2, 0.25) is 0 Å². The molecule has 5 nitrogen and oxygen atoms in total. The van der Waals surface area contributed by atoms with E-state index in [-0.39, 0.29) is 12.1 Å². The highest BCUT2D eigenvalue weighted by Gasteiger charge is 2.38. The van der Waals surface area contributed by atoms with Gasteiger partial charge in [0.05, 0.1) is 6.10 Å². The van der Waals surface area contributed by atoms with Gasteiger partial charge in [-0.3, -0.25) is 0 Å². The van der Waals surface area contributed by atoms with Crippen molar-refractivity contribution in [1.82, 2.24) is 8.61 Å². The van der Waals surface area contributed by atoms with Gasteiger partial charge in [0, 0.05) is 38.2 Å². The molecule has 2 aliphatic rings. The number of alkyl halides is 1. The first-order valence-corrected chi connectivity index (χ1v) is 9.47. The first-order chi connectivity index (χ1) is 9.59. The van der Waals surface area contributed by atoms with Gasteiger partial charge in [-0.1, -0.05) is 6.42 Å². The molecule has 2 saturated heterocycles. The van der Waals surface area contributed by atoms with Crippen LogP contribution in [0.25, 0.3) is 0 Å². The molecule has 2 heterocycles.